The molecule has 0 spiro atoms. The number of nitrogens with zero attached hydrogens (tertiary/aromatic N) is 2. The first kappa shape index (κ1) is 20.5. The van der Waals surface area contributed by atoms with Crippen LogP contribution in [0.4, 0.5) is 20.2 Å². The molecule has 2 aromatic rings. The van der Waals surface area contributed by atoms with Gasteiger partial charge in [-0.15, -0.1) is 0 Å². The molecule has 0 fully saturated rings. The molecule has 154 valence electrons. The minimum atomic E-state index is -3.10. The minimum Gasteiger partial charge on any atom is -0.486 e. The monoisotopic (exact) mass is 417 g/mol. The van der Waals surface area contributed by atoms with Crippen LogP contribution < -0.4 is 19.5 Å². The van der Waals surface area contributed by atoms with Gasteiger partial charge >= 0.3 is 6.61 Å². The number of carbonyl (C=O) groups is 1. The van der Waals surface area contributed by atoms with Crippen LogP contribution in [0.3, 0.4) is 0 Å². The van der Waals surface area contributed by atoms with E-state index in [-0.39, 0.29) is 41.7 Å². The Hall–Kier alpha value is -4.20. The Kier molecular flexibility index (Phi) is 6.07. The molecule has 1 aliphatic heterocycles. The van der Waals surface area contributed by atoms with Crippen molar-refractivity contribution in [3.05, 3.63) is 57.6 Å². The average Bonchev–Trinajstić information content (AvgIpc) is 2.72. The number of amides is 1. The highest BCUT2D eigenvalue weighted by Gasteiger charge is 2.24. The van der Waals surface area contributed by atoms with Crippen molar-refractivity contribution in [3.63, 3.8) is 0 Å². The number of alkyl halides is 2. The fourth-order valence-electron chi connectivity index (χ4n) is 2.63. The second kappa shape index (κ2) is 8.87. The number of ether oxygens (including phenoxy) is 3. The van der Waals surface area contributed by atoms with Crippen LogP contribution in [0.2, 0.25) is 0 Å². The number of rotatable bonds is 6. The first-order valence-corrected chi connectivity index (χ1v) is 8.44. The summed E-state index contributed by atoms with van der Waals surface area (Å²) in [5.41, 5.74) is -1.11. The molecule has 0 saturated heterocycles. The van der Waals surface area contributed by atoms with E-state index in [0.717, 1.165) is 12.1 Å². The minimum absolute atomic E-state index is 0.0566. The summed E-state index contributed by atoms with van der Waals surface area (Å²) in [6.45, 7) is -2.65. The van der Waals surface area contributed by atoms with Crippen LogP contribution >= 0.6 is 0 Å². The lowest BCUT2D eigenvalue weighted by molar-refractivity contribution is -0.384. The molecule has 9 nitrogen and oxygen atoms in total. The number of carbonyl (C=O) groups excluding carboxylic acids is 1. The lowest BCUT2D eigenvalue weighted by atomic mass is 10.1. The van der Waals surface area contributed by atoms with Gasteiger partial charge in [0.15, 0.2) is 11.5 Å². The Morgan fingerprint density at radius 2 is 1.93 bits per heavy atom. The number of nitrogens with one attached hydrogen (secondary N) is 1. The smallest absolute Gasteiger partial charge is 0.387 e. The molecule has 30 heavy (non-hydrogen) atoms. The zero-order chi connectivity index (χ0) is 21.7. The number of fused-ring (bicyclic) bond motifs is 1. The molecule has 0 aromatic heterocycles. The molecule has 1 N–H and O–H groups in total. The van der Waals surface area contributed by atoms with Crippen molar-refractivity contribution < 1.29 is 32.7 Å². The number of nitro benzene ring substituents is 1. The zero-order valence-corrected chi connectivity index (χ0v) is 15.1. The fraction of sp³-hybridized carbons (Fsp3) is 0.158. The average molecular weight is 417 g/mol. The Labute approximate surface area is 168 Å². The Balaban J connectivity index is 1.92. The first-order valence-electron chi connectivity index (χ1n) is 8.44. The molecule has 0 saturated carbocycles. The van der Waals surface area contributed by atoms with E-state index in [1.807, 2.05) is 0 Å². The van der Waals surface area contributed by atoms with Crippen LogP contribution in [0.1, 0.15) is 5.56 Å². The first-order chi connectivity index (χ1) is 14.4. The zero-order valence-electron chi connectivity index (χ0n) is 15.1. The number of hydrogen-bond acceptors (Lipinski definition) is 7. The lowest BCUT2D eigenvalue weighted by Gasteiger charge is -2.19. The number of nitriles is 1. The fourth-order valence-corrected chi connectivity index (χ4v) is 2.63. The highest BCUT2D eigenvalue weighted by Crippen LogP contribution is 2.39. The number of anilines is 1. The van der Waals surface area contributed by atoms with Crippen molar-refractivity contribution in [2.24, 2.45) is 0 Å². The largest absolute Gasteiger partial charge is 0.486 e. The number of benzene rings is 2. The van der Waals surface area contributed by atoms with Gasteiger partial charge in [-0.3, -0.25) is 14.9 Å². The highest BCUT2D eigenvalue weighted by atomic mass is 19.3. The van der Waals surface area contributed by atoms with Gasteiger partial charge in [0.05, 0.1) is 11.0 Å². The van der Waals surface area contributed by atoms with E-state index in [1.54, 1.807) is 6.07 Å². The Bertz CT molecular complexity index is 1060. The summed E-state index contributed by atoms with van der Waals surface area (Å²) < 4.78 is 40.1. The number of nitro groups is 1. The van der Waals surface area contributed by atoms with Gasteiger partial charge in [-0.05, 0) is 12.1 Å². The van der Waals surface area contributed by atoms with E-state index < -0.39 is 28.7 Å². The third kappa shape index (κ3) is 4.61. The van der Waals surface area contributed by atoms with Gasteiger partial charge in [-0.2, -0.15) is 14.0 Å². The summed E-state index contributed by atoms with van der Waals surface area (Å²) >= 11 is 0. The van der Waals surface area contributed by atoms with Gasteiger partial charge in [0.25, 0.3) is 11.6 Å². The molecule has 0 unspecified atom stereocenters. The number of para-hydroxylation sites is 1. The molecular weight excluding hydrogens is 404 g/mol. The molecule has 11 heteroatoms. The predicted molar refractivity (Wildman–Crippen MR) is 99.4 cm³/mol. The van der Waals surface area contributed by atoms with E-state index in [1.165, 1.54) is 30.3 Å². The van der Waals surface area contributed by atoms with Crippen molar-refractivity contribution >= 4 is 23.4 Å². The summed E-state index contributed by atoms with van der Waals surface area (Å²) in [7, 11) is 0. The van der Waals surface area contributed by atoms with Gasteiger partial charge in [0.1, 0.15) is 36.3 Å². The molecule has 0 bridgehead atoms. The van der Waals surface area contributed by atoms with E-state index >= 15 is 0 Å². The second-order valence-electron chi connectivity index (χ2n) is 5.81. The molecule has 1 aliphatic rings. The maximum absolute atomic E-state index is 12.6. The molecule has 2 aromatic carbocycles. The molecule has 3 rings (SSSR count). The van der Waals surface area contributed by atoms with Gasteiger partial charge in [0, 0.05) is 11.6 Å². The third-order valence-corrected chi connectivity index (χ3v) is 3.91. The van der Waals surface area contributed by atoms with Crippen molar-refractivity contribution in [1.82, 2.24) is 0 Å². The van der Waals surface area contributed by atoms with Crippen molar-refractivity contribution in [2.75, 3.05) is 18.5 Å². The molecule has 1 heterocycles. The molecule has 0 radical (unpaired) electrons. The summed E-state index contributed by atoms with van der Waals surface area (Å²) in [5.74, 6) is -0.872. The topological polar surface area (TPSA) is 124 Å². The standard InChI is InChI=1S/C19H13F2N3O6/c20-19(21)30-15-4-2-1-3-11(15)7-12(10-22)18(25)23-13-8-16-17(29-6-5-28-16)9-14(13)24(26)27/h1-4,7-9,19H,5-6H2,(H,23,25)/b12-7+. The highest BCUT2D eigenvalue weighted by molar-refractivity contribution is 6.10. The maximum Gasteiger partial charge on any atom is 0.387 e. The van der Waals surface area contributed by atoms with E-state index in [0.29, 0.717) is 0 Å². The van der Waals surface area contributed by atoms with E-state index in [4.69, 9.17) is 9.47 Å². The molecular formula is C19H13F2N3O6. The Morgan fingerprint density at radius 3 is 2.57 bits per heavy atom. The van der Waals surface area contributed by atoms with Crippen LogP contribution in [-0.4, -0.2) is 30.7 Å². The quantitative estimate of drug-likeness (QED) is 0.330. The Morgan fingerprint density at radius 1 is 1.27 bits per heavy atom. The SMILES string of the molecule is N#C/C(=C\c1ccccc1OC(F)F)C(=O)Nc1cc2c(cc1[N+](=O)[O-])OCCO2. The molecule has 0 atom stereocenters. The third-order valence-electron chi connectivity index (χ3n) is 3.91. The molecule has 0 aliphatic carbocycles. The van der Waals surface area contributed by atoms with Crippen LogP contribution in [0.25, 0.3) is 6.08 Å². The summed E-state index contributed by atoms with van der Waals surface area (Å²) in [5, 5.41) is 23.0. The van der Waals surface area contributed by atoms with Crippen molar-refractivity contribution in [2.45, 2.75) is 6.61 Å². The van der Waals surface area contributed by atoms with E-state index in [2.05, 4.69) is 10.1 Å². The predicted octanol–water partition coefficient (Wildman–Crippen LogP) is 3.51. The lowest BCUT2D eigenvalue weighted by Crippen LogP contribution is -2.18. The van der Waals surface area contributed by atoms with Crippen LogP contribution in [0.15, 0.2) is 42.0 Å². The normalized spacial score (nSPS) is 12.8. The van der Waals surface area contributed by atoms with Gasteiger partial charge in [-0.1, -0.05) is 18.2 Å². The van der Waals surface area contributed by atoms with Gasteiger partial charge in [-0.25, -0.2) is 0 Å². The van der Waals surface area contributed by atoms with Gasteiger partial charge in [0.2, 0.25) is 0 Å². The molecule has 1 amide bonds. The van der Waals surface area contributed by atoms with Crippen molar-refractivity contribution in [1.29, 1.82) is 5.26 Å². The van der Waals surface area contributed by atoms with E-state index in [9.17, 15) is 29.0 Å². The van der Waals surface area contributed by atoms with Gasteiger partial charge < -0.3 is 19.5 Å². The van der Waals surface area contributed by atoms with Crippen LogP contribution in [0, 0.1) is 21.4 Å². The second-order valence-corrected chi connectivity index (χ2v) is 5.81. The van der Waals surface area contributed by atoms with Crippen LogP contribution in [0.5, 0.6) is 17.2 Å². The maximum atomic E-state index is 12.6. The summed E-state index contributed by atoms with van der Waals surface area (Å²) in [6, 6.07) is 9.52. The number of hydrogen-bond donors (Lipinski definition) is 1. The number of halogens is 2. The van der Waals surface area contributed by atoms with Crippen molar-refractivity contribution in [3.8, 4) is 23.3 Å². The summed E-state index contributed by atoms with van der Waals surface area (Å²) in [4.78, 5) is 23.2. The van der Waals surface area contributed by atoms with Crippen LogP contribution in [-0.2, 0) is 4.79 Å². The summed E-state index contributed by atoms with van der Waals surface area (Å²) in [6.07, 6.45) is 1.04.